The SMILES string of the molecule is COc1cc(C)cc(-c2cc(C)cc(CO)c2OC)c1OC. The van der Waals surface area contributed by atoms with Gasteiger partial charge in [-0.2, -0.15) is 0 Å². The molecular formula is C18H22O4. The minimum atomic E-state index is -0.0802. The summed E-state index contributed by atoms with van der Waals surface area (Å²) >= 11 is 0. The number of hydrogen-bond donors (Lipinski definition) is 1. The van der Waals surface area contributed by atoms with E-state index in [9.17, 15) is 5.11 Å². The predicted molar refractivity (Wildman–Crippen MR) is 86.9 cm³/mol. The molecule has 0 spiro atoms. The molecule has 4 nitrogen and oxygen atoms in total. The number of aliphatic hydroxyl groups excluding tert-OH is 1. The Bertz CT molecular complexity index is 618. The van der Waals surface area contributed by atoms with Gasteiger partial charge in [-0.25, -0.2) is 0 Å². The molecule has 0 aliphatic rings. The third-order valence-electron chi connectivity index (χ3n) is 3.60. The molecule has 0 amide bonds. The Morgan fingerprint density at radius 1 is 0.773 bits per heavy atom. The average molecular weight is 302 g/mol. The summed E-state index contributed by atoms with van der Waals surface area (Å²) in [6.45, 7) is 3.91. The first-order valence-corrected chi connectivity index (χ1v) is 7.07. The molecule has 2 rings (SSSR count). The number of ether oxygens (including phenoxy) is 3. The van der Waals surface area contributed by atoms with E-state index in [1.165, 1.54) is 0 Å². The van der Waals surface area contributed by atoms with Crippen molar-refractivity contribution in [3.8, 4) is 28.4 Å². The number of hydrogen-bond acceptors (Lipinski definition) is 4. The Hall–Kier alpha value is -2.20. The Morgan fingerprint density at radius 3 is 1.82 bits per heavy atom. The zero-order valence-electron chi connectivity index (χ0n) is 13.7. The molecule has 2 aromatic carbocycles. The van der Waals surface area contributed by atoms with Gasteiger partial charge in [0.15, 0.2) is 11.5 Å². The van der Waals surface area contributed by atoms with Gasteiger partial charge in [0.2, 0.25) is 0 Å². The van der Waals surface area contributed by atoms with Crippen LogP contribution < -0.4 is 14.2 Å². The molecule has 0 aromatic heterocycles. The maximum atomic E-state index is 9.59. The fourth-order valence-electron chi connectivity index (χ4n) is 2.71. The second kappa shape index (κ2) is 6.71. The van der Waals surface area contributed by atoms with Crippen molar-refractivity contribution in [1.29, 1.82) is 0 Å². The molecule has 0 saturated carbocycles. The van der Waals surface area contributed by atoms with E-state index in [0.29, 0.717) is 17.2 Å². The third kappa shape index (κ3) is 2.88. The van der Waals surface area contributed by atoms with Crippen LogP contribution in [-0.2, 0) is 6.61 Å². The van der Waals surface area contributed by atoms with Gasteiger partial charge in [-0.15, -0.1) is 0 Å². The van der Waals surface area contributed by atoms with Crippen LogP contribution in [0.1, 0.15) is 16.7 Å². The van der Waals surface area contributed by atoms with Crippen molar-refractivity contribution in [1.82, 2.24) is 0 Å². The van der Waals surface area contributed by atoms with Crippen molar-refractivity contribution in [2.24, 2.45) is 0 Å². The van der Waals surface area contributed by atoms with Gasteiger partial charge in [0, 0.05) is 16.7 Å². The van der Waals surface area contributed by atoms with Gasteiger partial charge < -0.3 is 19.3 Å². The summed E-state index contributed by atoms with van der Waals surface area (Å²) in [6.07, 6.45) is 0. The largest absolute Gasteiger partial charge is 0.496 e. The lowest BCUT2D eigenvalue weighted by atomic mass is 9.96. The fraction of sp³-hybridized carbons (Fsp3) is 0.333. The third-order valence-corrected chi connectivity index (χ3v) is 3.60. The molecule has 22 heavy (non-hydrogen) atoms. The molecule has 0 atom stereocenters. The second-order valence-corrected chi connectivity index (χ2v) is 5.21. The summed E-state index contributed by atoms with van der Waals surface area (Å²) in [7, 11) is 4.84. The predicted octanol–water partition coefficient (Wildman–Crippen LogP) is 3.49. The zero-order chi connectivity index (χ0) is 16.3. The van der Waals surface area contributed by atoms with Crippen LogP contribution in [0, 0.1) is 13.8 Å². The molecule has 0 bridgehead atoms. The molecule has 2 aromatic rings. The van der Waals surface area contributed by atoms with Crippen molar-refractivity contribution < 1.29 is 19.3 Å². The van der Waals surface area contributed by atoms with Crippen LogP contribution >= 0.6 is 0 Å². The molecule has 0 heterocycles. The number of aliphatic hydroxyl groups is 1. The number of aryl methyl sites for hydroxylation is 2. The van der Waals surface area contributed by atoms with Gasteiger partial charge in [0.25, 0.3) is 0 Å². The average Bonchev–Trinajstić information content (AvgIpc) is 2.52. The van der Waals surface area contributed by atoms with Crippen molar-refractivity contribution in [2.75, 3.05) is 21.3 Å². The van der Waals surface area contributed by atoms with Crippen molar-refractivity contribution in [2.45, 2.75) is 20.5 Å². The summed E-state index contributed by atoms with van der Waals surface area (Å²) in [6, 6.07) is 7.90. The standard InChI is InChI=1S/C18H22O4/c1-11-6-13(10-19)17(21-4)14(7-11)15-8-12(2)9-16(20-3)18(15)22-5/h6-9,19H,10H2,1-5H3. The minimum absolute atomic E-state index is 0.0802. The topological polar surface area (TPSA) is 47.9 Å². The molecule has 0 saturated heterocycles. The van der Waals surface area contributed by atoms with E-state index in [0.717, 1.165) is 27.8 Å². The lowest BCUT2D eigenvalue weighted by Crippen LogP contribution is -1.99. The first-order chi connectivity index (χ1) is 10.5. The van der Waals surface area contributed by atoms with Crippen LogP contribution in [0.3, 0.4) is 0 Å². The van der Waals surface area contributed by atoms with Crippen molar-refractivity contribution in [3.05, 3.63) is 41.0 Å². The van der Waals surface area contributed by atoms with Crippen molar-refractivity contribution in [3.63, 3.8) is 0 Å². The molecule has 118 valence electrons. The van der Waals surface area contributed by atoms with E-state index >= 15 is 0 Å². The Kier molecular flexibility index (Phi) is 4.93. The van der Waals surface area contributed by atoms with Crippen LogP contribution in [0.15, 0.2) is 24.3 Å². The lowest BCUT2D eigenvalue weighted by Gasteiger charge is -2.18. The van der Waals surface area contributed by atoms with Crippen LogP contribution in [-0.4, -0.2) is 26.4 Å². The second-order valence-electron chi connectivity index (χ2n) is 5.21. The zero-order valence-corrected chi connectivity index (χ0v) is 13.7. The van der Waals surface area contributed by atoms with E-state index in [1.54, 1.807) is 21.3 Å². The molecule has 0 unspecified atom stereocenters. The monoisotopic (exact) mass is 302 g/mol. The van der Waals surface area contributed by atoms with E-state index < -0.39 is 0 Å². The summed E-state index contributed by atoms with van der Waals surface area (Å²) in [5.74, 6) is 1.98. The highest BCUT2D eigenvalue weighted by Gasteiger charge is 2.19. The van der Waals surface area contributed by atoms with Gasteiger partial charge in [-0.05, 0) is 43.2 Å². The van der Waals surface area contributed by atoms with E-state index in [1.807, 2.05) is 38.1 Å². The van der Waals surface area contributed by atoms with Crippen molar-refractivity contribution >= 4 is 0 Å². The Labute approximate surface area is 131 Å². The molecule has 1 N–H and O–H groups in total. The van der Waals surface area contributed by atoms with Gasteiger partial charge >= 0.3 is 0 Å². The van der Waals surface area contributed by atoms with Gasteiger partial charge in [0.05, 0.1) is 27.9 Å². The molecule has 0 fully saturated rings. The highest BCUT2D eigenvalue weighted by molar-refractivity contribution is 5.80. The van der Waals surface area contributed by atoms with Gasteiger partial charge in [0.1, 0.15) is 5.75 Å². The molecule has 4 heteroatoms. The minimum Gasteiger partial charge on any atom is -0.496 e. The quantitative estimate of drug-likeness (QED) is 0.918. The number of benzene rings is 2. The molecule has 0 radical (unpaired) electrons. The first kappa shape index (κ1) is 16.2. The van der Waals surface area contributed by atoms with E-state index in [2.05, 4.69) is 0 Å². The van der Waals surface area contributed by atoms with E-state index in [4.69, 9.17) is 14.2 Å². The van der Waals surface area contributed by atoms with Gasteiger partial charge in [-0.3, -0.25) is 0 Å². The first-order valence-electron chi connectivity index (χ1n) is 7.07. The number of rotatable bonds is 5. The lowest BCUT2D eigenvalue weighted by molar-refractivity contribution is 0.274. The van der Waals surface area contributed by atoms with Crippen LogP contribution in [0.25, 0.3) is 11.1 Å². The Morgan fingerprint density at radius 2 is 1.32 bits per heavy atom. The van der Waals surface area contributed by atoms with Crippen LogP contribution in [0.5, 0.6) is 17.2 Å². The molecule has 0 aliphatic heterocycles. The molecule has 0 aliphatic carbocycles. The maximum absolute atomic E-state index is 9.59. The fourth-order valence-corrected chi connectivity index (χ4v) is 2.71. The Balaban J connectivity index is 2.81. The highest BCUT2D eigenvalue weighted by Crippen LogP contribution is 2.44. The number of methoxy groups -OCH3 is 3. The summed E-state index contributed by atoms with van der Waals surface area (Å²) in [4.78, 5) is 0. The summed E-state index contributed by atoms with van der Waals surface area (Å²) in [5.41, 5.74) is 4.61. The smallest absolute Gasteiger partial charge is 0.168 e. The molecular weight excluding hydrogens is 280 g/mol. The summed E-state index contributed by atoms with van der Waals surface area (Å²) in [5, 5.41) is 9.59. The maximum Gasteiger partial charge on any atom is 0.168 e. The normalized spacial score (nSPS) is 10.5. The van der Waals surface area contributed by atoms with Gasteiger partial charge in [-0.1, -0.05) is 6.07 Å². The summed E-state index contributed by atoms with van der Waals surface area (Å²) < 4.78 is 16.5. The highest BCUT2D eigenvalue weighted by atomic mass is 16.5. The van der Waals surface area contributed by atoms with Crippen LogP contribution in [0.4, 0.5) is 0 Å². The van der Waals surface area contributed by atoms with E-state index in [-0.39, 0.29) is 6.61 Å². The van der Waals surface area contributed by atoms with Crippen LogP contribution in [0.2, 0.25) is 0 Å².